The third kappa shape index (κ3) is 9.40. The minimum atomic E-state index is -0.507. The topological polar surface area (TPSA) is 96.5 Å². The molecule has 8 heteroatoms. The lowest BCUT2D eigenvalue weighted by molar-refractivity contribution is -0.118. The Morgan fingerprint density at radius 2 is 1.43 bits per heavy atom. The summed E-state index contributed by atoms with van der Waals surface area (Å²) in [6, 6.07) is 19.5. The van der Waals surface area contributed by atoms with Gasteiger partial charge in [0.15, 0.2) is 6.61 Å². The number of carbonyl (C=O) groups is 3. The first kappa shape index (κ1) is 27.4. The summed E-state index contributed by atoms with van der Waals surface area (Å²) in [6.07, 6.45) is 5.82. The van der Waals surface area contributed by atoms with E-state index in [0.717, 1.165) is 12.8 Å². The van der Waals surface area contributed by atoms with Gasteiger partial charge in [-0.2, -0.15) is 0 Å². The van der Waals surface area contributed by atoms with Gasteiger partial charge < -0.3 is 20.7 Å². The summed E-state index contributed by atoms with van der Waals surface area (Å²) in [5, 5.41) is 7.93. The van der Waals surface area contributed by atoms with E-state index in [4.69, 9.17) is 4.74 Å². The van der Waals surface area contributed by atoms with Crippen LogP contribution in [0.15, 0.2) is 72.8 Å². The van der Waals surface area contributed by atoms with Crippen LogP contribution in [0.25, 0.3) is 0 Å². The van der Waals surface area contributed by atoms with Crippen molar-refractivity contribution < 1.29 is 23.5 Å². The van der Waals surface area contributed by atoms with Gasteiger partial charge in [0, 0.05) is 11.4 Å². The molecule has 0 atom stereocenters. The van der Waals surface area contributed by atoms with E-state index in [1.807, 2.05) is 24.3 Å². The van der Waals surface area contributed by atoms with E-state index < -0.39 is 17.6 Å². The predicted molar refractivity (Wildman–Crippen MR) is 142 cm³/mol. The molecule has 3 N–H and O–H groups in total. The van der Waals surface area contributed by atoms with Crippen LogP contribution < -0.4 is 20.7 Å². The van der Waals surface area contributed by atoms with Gasteiger partial charge in [0.2, 0.25) is 5.91 Å². The Kier molecular flexibility index (Phi) is 10.6. The number of anilines is 2. The number of hydrogen-bond donors (Lipinski definition) is 3. The molecule has 0 aliphatic heterocycles. The summed E-state index contributed by atoms with van der Waals surface area (Å²) in [5.74, 6) is -1.54. The van der Waals surface area contributed by atoms with Crippen molar-refractivity contribution in [2.45, 2.75) is 39.0 Å². The molecule has 0 unspecified atom stereocenters. The first-order valence-corrected chi connectivity index (χ1v) is 12.4. The molecule has 194 valence electrons. The zero-order valence-corrected chi connectivity index (χ0v) is 20.9. The van der Waals surface area contributed by atoms with Crippen LogP contribution in [0.1, 0.15) is 48.5 Å². The van der Waals surface area contributed by atoms with E-state index in [-0.39, 0.29) is 30.4 Å². The summed E-state index contributed by atoms with van der Waals surface area (Å²) < 4.78 is 18.5. The lowest BCUT2D eigenvalue weighted by Gasteiger charge is -2.12. The highest BCUT2D eigenvalue weighted by molar-refractivity contribution is 6.01. The zero-order valence-electron chi connectivity index (χ0n) is 20.9. The average Bonchev–Trinajstić information content (AvgIpc) is 2.91. The molecular weight excluding hydrogens is 473 g/mol. The van der Waals surface area contributed by atoms with Crippen molar-refractivity contribution in [3.63, 3.8) is 0 Å². The minimum absolute atomic E-state index is 0.192. The number of halogens is 1. The highest BCUT2D eigenvalue weighted by atomic mass is 19.1. The van der Waals surface area contributed by atoms with E-state index in [1.165, 1.54) is 49.1 Å². The van der Waals surface area contributed by atoms with Gasteiger partial charge in [-0.25, -0.2) is 4.39 Å². The number of nitrogens with one attached hydrogen (secondary N) is 3. The van der Waals surface area contributed by atoms with Crippen LogP contribution in [0.4, 0.5) is 15.8 Å². The van der Waals surface area contributed by atoms with Crippen LogP contribution in [0, 0.1) is 5.82 Å². The second-order valence-electron chi connectivity index (χ2n) is 8.58. The van der Waals surface area contributed by atoms with Gasteiger partial charge in [-0.05, 0) is 66.9 Å². The Labute approximate surface area is 216 Å². The maximum absolute atomic E-state index is 13.0. The average molecular weight is 506 g/mol. The number of unbranched alkanes of at least 4 members (excludes halogenated alkanes) is 3. The molecule has 0 spiro atoms. The van der Waals surface area contributed by atoms with Gasteiger partial charge in [-0.1, -0.05) is 50.5 Å². The van der Waals surface area contributed by atoms with Crippen molar-refractivity contribution in [2.75, 3.05) is 23.8 Å². The predicted octanol–water partition coefficient (Wildman–Crippen LogP) is 5.33. The fourth-order valence-electron chi connectivity index (χ4n) is 3.63. The van der Waals surface area contributed by atoms with E-state index in [1.54, 1.807) is 24.3 Å². The van der Waals surface area contributed by atoms with Gasteiger partial charge in [-0.15, -0.1) is 0 Å². The molecule has 0 aliphatic carbocycles. The van der Waals surface area contributed by atoms with Gasteiger partial charge in [0.1, 0.15) is 11.6 Å². The SMILES string of the molecule is CCCCCCc1ccc(NC(=O)CNC(=O)c2ccccc2OCC(=O)Nc2ccc(F)cc2)cc1. The fraction of sp³-hybridized carbons (Fsp3) is 0.276. The van der Waals surface area contributed by atoms with Crippen LogP contribution in [0.3, 0.4) is 0 Å². The zero-order chi connectivity index (χ0) is 26.5. The lowest BCUT2D eigenvalue weighted by Crippen LogP contribution is -2.33. The number of amides is 3. The summed E-state index contributed by atoms with van der Waals surface area (Å²) in [4.78, 5) is 37.2. The van der Waals surface area contributed by atoms with Crippen LogP contribution >= 0.6 is 0 Å². The van der Waals surface area contributed by atoms with E-state index in [9.17, 15) is 18.8 Å². The smallest absolute Gasteiger partial charge is 0.262 e. The van der Waals surface area contributed by atoms with Crippen molar-refractivity contribution in [3.05, 3.63) is 89.7 Å². The third-order valence-electron chi connectivity index (χ3n) is 5.58. The van der Waals surface area contributed by atoms with Crippen LogP contribution in [-0.2, 0) is 16.0 Å². The van der Waals surface area contributed by atoms with Gasteiger partial charge in [0.05, 0.1) is 12.1 Å². The first-order valence-electron chi connectivity index (χ1n) is 12.4. The molecule has 0 radical (unpaired) electrons. The Morgan fingerprint density at radius 1 is 0.784 bits per heavy atom. The number of carbonyl (C=O) groups excluding carboxylic acids is 3. The molecule has 3 aromatic carbocycles. The molecule has 0 aliphatic rings. The van der Waals surface area contributed by atoms with Gasteiger partial charge >= 0.3 is 0 Å². The molecule has 37 heavy (non-hydrogen) atoms. The molecule has 3 aromatic rings. The van der Waals surface area contributed by atoms with Crippen molar-refractivity contribution in [1.29, 1.82) is 0 Å². The van der Waals surface area contributed by atoms with Crippen LogP contribution in [-0.4, -0.2) is 30.9 Å². The Morgan fingerprint density at radius 3 is 2.14 bits per heavy atom. The number of benzene rings is 3. The Hall–Kier alpha value is -4.20. The molecule has 0 saturated carbocycles. The standard InChI is InChI=1S/C29H32FN3O4/c1-2-3-4-5-8-21-11-15-23(16-12-21)32-27(34)19-31-29(36)25-9-6-7-10-26(25)37-20-28(35)33-24-17-13-22(30)14-18-24/h6-7,9-18H,2-5,8,19-20H2,1H3,(H,31,36)(H,32,34)(H,33,35). The number of hydrogen-bond acceptors (Lipinski definition) is 4. The Bertz CT molecular complexity index is 1180. The van der Waals surface area contributed by atoms with E-state index >= 15 is 0 Å². The fourth-order valence-corrected chi connectivity index (χ4v) is 3.63. The molecular formula is C29H32FN3O4. The summed E-state index contributed by atoms with van der Waals surface area (Å²) in [7, 11) is 0. The highest BCUT2D eigenvalue weighted by Crippen LogP contribution is 2.18. The second kappa shape index (κ2) is 14.4. The molecule has 0 heterocycles. The van der Waals surface area contributed by atoms with Gasteiger partial charge in [0.25, 0.3) is 11.8 Å². The first-order chi connectivity index (χ1) is 17.9. The van der Waals surface area contributed by atoms with Crippen LogP contribution in [0.5, 0.6) is 5.75 Å². The Balaban J connectivity index is 1.45. The van der Waals surface area contributed by atoms with E-state index in [0.29, 0.717) is 11.4 Å². The minimum Gasteiger partial charge on any atom is -0.483 e. The maximum atomic E-state index is 13.0. The van der Waals surface area contributed by atoms with Crippen molar-refractivity contribution in [2.24, 2.45) is 0 Å². The molecule has 0 aromatic heterocycles. The summed E-state index contributed by atoms with van der Waals surface area (Å²) in [5.41, 5.74) is 2.50. The molecule has 7 nitrogen and oxygen atoms in total. The maximum Gasteiger partial charge on any atom is 0.262 e. The van der Waals surface area contributed by atoms with Crippen molar-refractivity contribution >= 4 is 29.1 Å². The summed E-state index contributed by atoms with van der Waals surface area (Å²) >= 11 is 0. The van der Waals surface area contributed by atoms with Crippen molar-refractivity contribution in [1.82, 2.24) is 5.32 Å². The lowest BCUT2D eigenvalue weighted by atomic mass is 10.1. The van der Waals surface area contributed by atoms with Crippen LogP contribution in [0.2, 0.25) is 0 Å². The molecule has 0 fully saturated rings. The molecule has 3 amide bonds. The number of aryl methyl sites for hydroxylation is 1. The number of para-hydroxylation sites is 1. The monoisotopic (exact) mass is 505 g/mol. The number of rotatable bonds is 13. The normalized spacial score (nSPS) is 10.4. The summed E-state index contributed by atoms with van der Waals surface area (Å²) in [6.45, 7) is 1.61. The largest absolute Gasteiger partial charge is 0.483 e. The quantitative estimate of drug-likeness (QED) is 0.274. The second-order valence-corrected chi connectivity index (χ2v) is 8.58. The molecule has 0 bridgehead atoms. The molecule has 3 rings (SSSR count). The van der Waals surface area contributed by atoms with Crippen molar-refractivity contribution in [3.8, 4) is 5.75 Å². The van der Waals surface area contributed by atoms with E-state index in [2.05, 4.69) is 22.9 Å². The molecule has 0 saturated heterocycles. The highest BCUT2D eigenvalue weighted by Gasteiger charge is 2.15. The van der Waals surface area contributed by atoms with Gasteiger partial charge in [-0.3, -0.25) is 14.4 Å². The number of ether oxygens (including phenoxy) is 1. The third-order valence-corrected chi connectivity index (χ3v) is 5.58.